The Balaban J connectivity index is 2.08. The van der Waals surface area contributed by atoms with Crippen molar-refractivity contribution in [1.29, 1.82) is 0 Å². The van der Waals surface area contributed by atoms with E-state index < -0.39 is 17.2 Å². The summed E-state index contributed by atoms with van der Waals surface area (Å²) in [6.45, 7) is 6.76. The minimum Gasteiger partial charge on any atom is -0.477 e. The van der Waals surface area contributed by atoms with Crippen LogP contribution in [0.5, 0.6) is 0 Å². The predicted molar refractivity (Wildman–Crippen MR) is 79.9 cm³/mol. The summed E-state index contributed by atoms with van der Waals surface area (Å²) in [4.78, 5) is 4.32. The number of aromatic nitrogens is 2. The third-order valence-electron chi connectivity index (χ3n) is 3.78. The van der Waals surface area contributed by atoms with Crippen LogP contribution < -0.4 is 0 Å². The number of halogens is 2. The summed E-state index contributed by atoms with van der Waals surface area (Å²) in [5.74, 6) is -0.670. The summed E-state index contributed by atoms with van der Waals surface area (Å²) >= 11 is 0. The maximum atomic E-state index is 14.0. The van der Waals surface area contributed by atoms with Crippen molar-refractivity contribution in [3.05, 3.63) is 41.6 Å². The van der Waals surface area contributed by atoms with Crippen LogP contribution in [0.1, 0.15) is 19.4 Å². The first-order valence-electron chi connectivity index (χ1n) is 7.10. The lowest BCUT2D eigenvalue weighted by Gasteiger charge is -2.24. The van der Waals surface area contributed by atoms with Gasteiger partial charge in [0, 0.05) is 6.20 Å². The minimum absolute atomic E-state index is 0.108. The Morgan fingerprint density at radius 2 is 1.91 bits per heavy atom. The lowest BCUT2D eigenvalue weighted by Crippen LogP contribution is -2.36. The predicted octanol–water partition coefficient (Wildman–Crippen LogP) is 3.30. The molecule has 2 heterocycles. The van der Waals surface area contributed by atoms with Gasteiger partial charge in [0.15, 0.2) is 0 Å². The van der Waals surface area contributed by atoms with Gasteiger partial charge in [0.25, 0.3) is 0 Å². The van der Waals surface area contributed by atoms with E-state index in [-0.39, 0.29) is 5.56 Å². The van der Waals surface area contributed by atoms with Crippen molar-refractivity contribution in [2.24, 2.45) is 4.99 Å². The summed E-state index contributed by atoms with van der Waals surface area (Å²) in [5, 5.41) is 4.39. The van der Waals surface area contributed by atoms with Gasteiger partial charge in [-0.05, 0) is 38.5 Å². The van der Waals surface area contributed by atoms with E-state index in [0.717, 1.165) is 0 Å². The van der Waals surface area contributed by atoms with Gasteiger partial charge < -0.3 is 4.74 Å². The number of nitrogens with zero attached hydrogens (tertiary/aromatic N) is 3. The number of hydrogen-bond donors (Lipinski definition) is 0. The number of aryl methyl sites for hydroxylation is 1. The third-order valence-corrected chi connectivity index (χ3v) is 3.78. The van der Waals surface area contributed by atoms with Crippen LogP contribution >= 0.6 is 0 Å². The average molecular weight is 305 g/mol. The van der Waals surface area contributed by atoms with Gasteiger partial charge in [-0.1, -0.05) is 6.07 Å². The van der Waals surface area contributed by atoms with E-state index in [9.17, 15) is 8.78 Å². The molecule has 6 heteroatoms. The van der Waals surface area contributed by atoms with Crippen LogP contribution in [-0.2, 0) is 10.3 Å². The van der Waals surface area contributed by atoms with Gasteiger partial charge >= 0.3 is 0 Å². The van der Waals surface area contributed by atoms with E-state index >= 15 is 0 Å². The maximum absolute atomic E-state index is 14.0. The molecule has 0 radical (unpaired) electrons. The normalized spacial score (nSPS) is 14.9. The highest BCUT2D eigenvalue weighted by Gasteiger charge is 2.33. The number of hydrogen-bond acceptors (Lipinski definition) is 3. The zero-order chi connectivity index (χ0) is 15.9. The number of aliphatic imine (C=N–C) groups is 1. The van der Waals surface area contributed by atoms with Gasteiger partial charge in [0.05, 0.1) is 12.1 Å². The van der Waals surface area contributed by atoms with Crippen molar-refractivity contribution >= 4 is 5.90 Å². The van der Waals surface area contributed by atoms with Gasteiger partial charge in [-0.25, -0.2) is 13.8 Å². The van der Waals surface area contributed by atoms with Crippen molar-refractivity contribution in [2.45, 2.75) is 26.3 Å². The zero-order valence-electron chi connectivity index (χ0n) is 12.7. The fourth-order valence-corrected chi connectivity index (χ4v) is 2.52. The van der Waals surface area contributed by atoms with Crippen molar-refractivity contribution in [1.82, 2.24) is 9.78 Å². The fourth-order valence-electron chi connectivity index (χ4n) is 2.52. The van der Waals surface area contributed by atoms with Crippen LogP contribution in [0.3, 0.4) is 0 Å². The van der Waals surface area contributed by atoms with E-state index in [1.807, 2.05) is 13.8 Å². The van der Waals surface area contributed by atoms with Crippen LogP contribution in [0.15, 0.2) is 29.4 Å². The number of ether oxygens (including phenoxy) is 1. The Kier molecular flexibility index (Phi) is 3.47. The van der Waals surface area contributed by atoms with E-state index in [0.29, 0.717) is 30.3 Å². The number of benzene rings is 1. The minimum atomic E-state index is -0.624. The molecule has 2 aromatic rings. The van der Waals surface area contributed by atoms with Crippen molar-refractivity contribution in [3.63, 3.8) is 0 Å². The van der Waals surface area contributed by atoms with Crippen molar-refractivity contribution in [2.75, 3.05) is 13.2 Å². The monoisotopic (exact) mass is 305 g/mol. The molecule has 1 aromatic heterocycles. The largest absolute Gasteiger partial charge is 0.477 e. The molecule has 1 aromatic carbocycles. The summed E-state index contributed by atoms with van der Waals surface area (Å²) in [5.41, 5.74) is 0.267. The molecule has 0 aliphatic carbocycles. The lowest BCUT2D eigenvalue weighted by atomic mass is 10.1. The summed E-state index contributed by atoms with van der Waals surface area (Å²) in [6.07, 6.45) is 1.76. The van der Waals surface area contributed by atoms with Crippen LogP contribution in [0.25, 0.3) is 11.3 Å². The smallest absolute Gasteiger partial charge is 0.211 e. The fraction of sp³-hybridized carbons (Fsp3) is 0.375. The molecule has 0 bridgehead atoms. The Morgan fingerprint density at radius 1 is 1.23 bits per heavy atom. The van der Waals surface area contributed by atoms with Crippen LogP contribution in [0, 0.1) is 18.6 Å². The molecular weight excluding hydrogens is 288 g/mol. The van der Waals surface area contributed by atoms with Gasteiger partial charge in [-0.15, -0.1) is 0 Å². The average Bonchev–Trinajstić information content (AvgIpc) is 3.09. The molecule has 116 valence electrons. The van der Waals surface area contributed by atoms with E-state index in [1.165, 1.54) is 18.2 Å². The SMILES string of the molecule is Cc1cn(C(C)(C)C2=NCCO2)nc1-c1c(F)cccc1F. The molecule has 1 aliphatic rings. The standard InChI is InChI=1S/C16H17F2N3O/c1-10-9-21(16(2,3)15-19-7-8-22-15)20-14(10)13-11(17)5-4-6-12(13)18/h4-6,9H,7-8H2,1-3H3. The van der Waals surface area contributed by atoms with Gasteiger partial charge in [0.1, 0.15) is 29.5 Å². The highest BCUT2D eigenvalue weighted by molar-refractivity contribution is 5.84. The van der Waals surface area contributed by atoms with Gasteiger partial charge in [-0.2, -0.15) is 5.10 Å². The zero-order valence-corrected chi connectivity index (χ0v) is 12.7. The molecule has 0 amide bonds. The Bertz CT molecular complexity index is 730. The molecule has 1 aliphatic heterocycles. The van der Waals surface area contributed by atoms with Crippen LogP contribution in [0.2, 0.25) is 0 Å². The lowest BCUT2D eigenvalue weighted by molar-refractivity contribution is 0.282. The first kappa shape index (κ1) is 14.7. The molecule has 0 N–H and O–H groups in total. The molecule has 0 fully saturated rings. The molecule has 0 spiro atoms. The second-order valence-electron chi connectivity index (χ2n) is 5.80. The molecular formula is C16H17F2N3O. The summed E-state index contributed by atoms with van der Waals surface area (Å²) in [6, 6.07) is 3.80. The van der Waals surface area contributed by atoms with E-state index in [4.69, 9.17) is 4.74 Å². The highest BCUT2D eigenvalue weighted by atomic mass is 19.1. The summed E-state index contributed by atoms with van der Waals surface area (Å²) in [7, 11) is 0. The summed E-state index contributed by atoms with van der Waals surface area (Å²) < 4.78 is 35.1. The molecule has 0 saturated carbocycles. The van der Waals surface area contributed by atoms with Crippen LogP contribution in [-0.4, -0.2) is 28.8 Å². The second-order valence-corrected chi connectivity index (χ2v) is 5.80. The van der Waals surface area contributed by atoms with Gasteiger partial charge in [-0.3, -0.25) is 4.68 Å². The van der Waals surface area contributed by atoms with Crippen molar-refractivity contribution in [3.8, 4) is 11.3 Å². The molecule has 3 rings (SSSR count). The molecule has 0 saturated heterocycles. The molecule has 0 atom stereocenters. The first-order chi connectivity index (χ1) is 10.4. The Labute approximate surface area is 127 Å². The maximum Gasteiger partial charge on any atom is 0.211 e. The molecule has 4 nitrogen and oxygen atoms in total. The topological polar surface area (TPSA) is 39.4 Å². The Hall–Kier alpha value is -2.24. The first-order valence-corrected chi connectivity index (χ1v) is 7.10. The van der Waals surface area contributed by atoms with Crippen LogP contribution in [0.4, 0.5) is 8.78 Å². The van der Waals surface area contributed by atoms with E-state index in [2.05, 4.69) is 10.1 Å². The Morgan fingerprint density at radius 3 is 2.50 bits per heavy atom. The third kappa shape index (κ3) is 2.28. The molecule has 22 heavy (non-hydrogen) atoms. The van der Waals surface area contributed by atoms with Crippen molar-refractivity contribution < 1.29 is 13.5 Å². The highest BCUT2D eigenvalue weighted by Crippen LogP contribution is 2.30. The second kappa shape index (κ2) is 5.19. The van der Waals surface area contributed by atoms with E-state index in [1.54, 1.807) is 17.8 Å². The quantitative estimate of drug-likeness (QED) is 0.873. The number of rotatable bonds is 3. The van der Waals surface area contributed by atoms with Gasteiger partial charge in [0.2, 0.25) is 5.90 Å². The molecule has 0 unspecified atom stereocenters.